The van der Waals surface area contributed by atoms with Crippen molar-refractivity contribution in [3.8, 4) is 0 Å². The minimum absolute atomic E-state index is 0.139. The second-order valence-corrected chi connectivity index (χ2v) is 8.55. The molecule has 6 nitrogen and oxygen atoms in total. The number of halogens is 1. The molecular weight excluding hydrogens is 406 g/mol. The Morgan fingerprint density at radius 2 is 1.96 bits per heavy atom. The van der Waals surface area contributed by atoms with E-state index >= 15 is 0 Å². The van der Waals surface area contributed by atoms with Crippen LogP contribution in [0.1, 0.15) is 28.9 Å². The van der Waals surface area contributed by atoms with Crippen molar-refractivity contribution in [3.05, 3.63) is 58.3 Å². The van der Waals surface area contributed by atoms with Crippen LogP contribution in [0.15, 0.2) is 52.0 Å². The third-order valence-electron chi connectivity index (χ3n) is 4.04. The van der Waals surface area contributed by atoms with Crippen LogP contribution in [0.3, 0.4) is 0 Å². The van der Waals surface area contributed by atoms with Gasteiger partial charge in [0.2, 0.25) is 10.0 Å². The van der Waals surface area contributed by atoms with Crippen molar-refractivity contribution in [1.29, 1.82) is 0 Å². The van der Waals surface area contributed by atoms with Crippen molar-refractivity contribution in [2.24, 2.45) is 0 Å². The topological polar surface area (TPSA) is 79.4 Å². The molecule has 0 unspecified atom stereocenters. The normalized spacial score (nSPS) is 15.2. The molecule has 2 aromatic rings. The third kappa shape index (κ3) is 4.08. The number of benzene rings is 1. The summed E-state index contributed by atoms with van der Waals surface area (Å²) in [5, 5.41) is 2.76. The molecule has 1 saturated heterocycles. The van der Waals surface area contributed by atoms with Gasteiger partial charge in [-0.2, -0.15) is 4.31 Å². The molecule has 1 aliphatic rings. The molecule has 0 atom stereocenters. The number of carbonyl (C=O) groups is 1. The van der Waals surface area contributed by atoms with E-state index in [1.165, 1.54) is 16.4 Å². The lowest BCUT2D eigenvalue weighted by Gasteiger charge is -2.16. The van der Waals surface area contributed by atoms with Gasteiger partial charge in [0.25, 0.3) is 5.91 Å². The zero-order valence-electron chi connectivity index (χ0n) is 13.5. The summed E-state index contributed by atoms with van der Waals surface area (Å²) < 4.78 is 27.3. The standard InChI is InChI=1S/C17H18BrN3O3S/c18-16-7-6-14(25(23,24)21-9-3-4-10-21)11-15(16)17(22)20-12-13-5-1-2-8-19-13/h1-2,5-8,11H,3-4,9-10,12H2,(H,20,22). The number of amides is 1. The first-order valence-corrected chi connectivity index (χ1v) is 10.2. The summed E-state index contributed by atoms with van der Waals surface area (Å²) in [5.74, 6) is -0.351. The van der Waals surface area contributed by atoms with Gasteiger partial charge in [-0.05, 0) is 59.1 Å². The number of hydrogen-bond donors (Lipinski definition) is 1. The van der Waals surface area contributed by atoms with E-state index in [1.54, 1.807) is 18.3 Å². The number of rotatable bonds is 5. The van der Waals surface area contributed by atoms with Crippen LogP contribution in [0.25, 0.3) is 0 Å². The minimum Gasteiger partial charge on any atom is -0.346 e. The van der Waals surface area contributed by atoms with E-state index in [1.807, 2.05) is 12.1 Å². The molecule has 1 N–H and O–H groups in total. The SMILES string of the molecule is O=C(NCc1ccccn1)c1cc(S(=O)(=O)N2CCCC2)ccc1Br. The highest BCUT2D eigenvalue weighted by molar-refractivity contribution is 9.10. The molecule has 0 bridgehead atoms. The summed E-state index contributed by atoms with van der Waals surface area (Å²) in [6.07, 6.45) is 3.39. The fourth-order valence-electron chi connectivity index (χ4n) is 2.69. The number of sulfonamides is 1. The molecule has 1 amide bonds. The van der Waals surface area contributed by atoms with E-state index in [4.69, 9.17) is 0 Å². The van der Waals surface area contributed by atoms with Gasteiger partial charge in [0.15, 0.2) is 0 Å². The maximum Gasteiger partial charge on any atom is 0.252 e. The van der Waals surface area contributed by atoms with Gasteiger partial charge in [-0.3, -0.25) is 9.78 Å². The fourth-order valence-corrected chi connectivity index (χ4v) is 4.66. The van der Waals surface area contributed by atoms with Crippen LogP contribution in [0.4, 0.5) is 0 Å². The van der Waals surface area contributed by atoms with E-state index < -0.39 is 10.0 Å². The first-order chi connectivity index (χ1) is 12.0. The summed E-state index contributed by atoms with van der Waals surface area (Å²) in [5.41, 5.74) is 1.02. The van der Waals surface area contributed by atoms with Crippen LogP contribution < -0.4 is 5.32 Å². The minimum atomic E-state index is -3.56. The maximum atomic E-state index is 12.7. The predicted molar refractivity (Wildman–Crippen MR) is 97.5 cm³/mol. The number of nitrogens with zero attached hydrogens (tertiary/aromatic N) is 2. The highest BCUT2D eigenvalue weighted by atomic mass is 79.9. The van der Waals surface area contributed by atoms with Crippen LogP contribution in [-0.4, -0.2) is 36.7 Å². The molecule has 3 rings (SSSR count). The Kier molecular flexibility index (Phi) is 5.51. The van der Waals surface area contributed by atoms with Crippen LogP contribution >= 0.6 is 15.9 Å². The highest BCUT2D eigenvalue weighted by Crippen LogP contribution is 2.25. The molecule has 8 heteroatoms. The molecule has 2 heterocycles. The smallest absolute Gasteiger partial charge is 0.252 e. The maximum absolute atomic E-state index is 12.7. The molecule has 1 aromatic heterocycles. The molecule has 25 heavy (non-hydrogen) atoms. The second kappa shape index (κ2) is 7.63. The quantitative estimate of drug-likeness (QED) is 0.800. The lowest BCUT2D eigenvalue weighted by atomic mass is 10.2. The van der Waals surface area contributed by atoms with E-state index in [2.05, 4.69) is 26.2 Å². The van der Waals surface area contributed by atoms with Gasteiger partial charge in [0.05, 0.1) is 22.7 Å². The second-order valence-electron chi connectivity index (χ2n) is 5.76. The highest BCUT2D eigenvalue weighted by Gasteiger charge is 2.28. The molecule has 0 saturated carbocycles. The number of hydrogen-bond acceptors (Lipinski definition) is 4. The van der Waals surface area contributed by atoms with Gasteiger partial charge in [0.1, 0.15) is 0 Å². The summed E-state index contributed by atoms with van der Waals surface area (Å²) in [6, 6.07) is 9.99. The summed E-state index contributed by atoms with van der Waals surface area (Å²) in [6.45, 7) is 1.33. The summed E-state index contributed by atoms with van der Waals surface area (Å²) in [7, 11) is -3.56. The number of pyridine rings is 1. The van der Waals surface area contributed by atoms with Crippen molar-refractivity contribution in [2.75, 3.05) is 13.1 Å². The Labute approximate surface area is 155 Å². The van der Waals surface area contributed by atoms with Crippen molar-refractivity contribution < 1.29 is 13.2 Å². The molecule has 132 valence electrons. The van der Waals surface area contributed by atoms with Crippen molar-refractivity contribution in [1.82, 2.24) is 14.6 Å². The Bertz CT molecular complexity index is 866. The summed E-state index contributed by atoms with van der Waals surface area (Å²) >= 11 is 3.32. The lowest BCUT2D eigenvalue weighted by molar-refractivity contribution is 0.0949. The van der Waals surface area contributed by atoms with E-state index in [-0.39, 0.29) is 22.9 Å². The molecule has 0 aliphatic carbocycles. The van der Waals surface area contributed by atoms with Crippen LogP contribution in [0.5, 0.6) is 0 Å². The fraction of sp³-hybridized carbons (Fsp3) is 0.294. The molecule has 1 aliphatic heterocycles. The molecule has 1 aromatic carbocycles. The number of aromatic nitrogens is 1. The van der Waals surface area contributed by atoms with E-state index in [0.717, 1.165) is 18.5 Å². The zero-order chi connectivity index (χ0) is 17.9. The van der Waals surface area contributed by atoms with Crippen LogP contribution in [0, 0.1) is 0 Å². The van der Waals surface area contributed by atoms with Gasteiger partial charge in [0, 0.05) is 23.8 Å². The number of nitrogens with one attached hydrogen (secondary N) is 1. The van der Waals surface area contributed by atoms with Crippen LogP contribution in [0.2, 0.25) is 0 Å². The van der Waals surface area contributed by atoms with Crippen LogP contribution in [-0.2, 0) is 16.6 Å². The van der Waals surface area contributed by atoms with Gasteiger partial charge in [-0.1, -0.05) is 6.07 Å². The average molecular weight is 424 g/mol. The van der Waals surface area contributed by atoms with Crippen molar-refractivity contribution >= 4 is 31.9 Å². The van der Waals surface area contributed by atoms with Gasteiger partial charge >= 0.3 is 0 Å². The Balaban J connectivity index is 1.80. The molecule has 1 fully saturated rings. The van der Waals surface area contributed by atoms with E-state index in [0.29, 0.717) is 17.6 Å². The molecular formula is C17H18BrN3O3S. The first kappa shape index (κ1) is 18.0. The average Bonchev–Trinajstić information content (AvgIpc) is 3.16. The largest absolute Gasteiger partial charge is 0.346 e. The van der Waals surface area contributed by atoms with Crippen molar-refractivity contribution in [2.45, 2.75) is 24.3 Å². The Morgan fingerprint density at radius 3 is 2.64 bits per heavy atom. The number of carbonyl (C=O) groups excluding carboxylic acids is 1. The van der Waals surface area contributed by atoms with Crippen molar-refractivity contribution in [3.63, 3.8) is 0 Å². The Morgan fingerprint density at radius 1 is 1.20 bits per heavy atom. The predicted octanol–water partition coefficient (Wildman–Crippen LogP) is 2.56. The lowest BCUT2D eigenvalue weighted by Crippen LogP contribution is -2.28. The van der Waals surface area contributed by atoms with Gasteiger partial charge in [-0.15, -0.1) is 0 Å². The molecule has 0 spiro atoms. The van der Waals surface area contributed by atoms with Gasteiger partial charge in [-0.25, -0.2) is 8.42 Å². The van der Waals surface area contributed by atoms with Gasteiger partial charge < -0.3 is 5.32 Å². The zero-order valence-corrected chi connectivity index (χ0v) is 15.9. The molecule has 0 radical (unpaired) electrons. The Hall–Kier alpha value is -1.77. The first-order valence-electron chi connectivity index (χ1n) is 7.96. The van der Waals surface area contributed by atoms with E-state index in [9.17, 15) is 13.2 Å². The third-order valence-corrected chi connectivity index (χ3v) is 6.63. The monoisotopic (exact) mass is 423 g/mol. The summed E-state index contributed by atoms with van der Waals surface area (Å²) in [4.78, 5) is 16.7.